The third-order valence-corrected chi connectivity index (χ3v) is 9.00. The minimum Gasteiger partial charge on any atom is -0.494 e. The number of ether oxygens (including phenoxy) is 1. The smallest absolute Gasteiger partial charge is 0.229 e. The lowest BCUT2D eigenvalue weighted by atomic mass is 9.85. The van der Waals surface area contributed by atoms with Crippen molar-refractivity contribution in [2.75, 3.05) is 68.5 Å². The number of carbonyl (C=O) groups is 3. The predicted octanol–water partition coefficient (Wildman–Crippen LogP) is 3.84. The molecule has 2 saturated heterocycles. The van der Waals surface area contributed by atoms with E-state index >= 15 is 0 Å². The van der Waals surface area contributed by atoms with Crippen LogP contribution in [0.5, 0.6) is 5.75 Å². The number of methoxy groups -OCH3 is 1. The van der Waals surface area contributed by atoms with Gasteiger partial charge < -0.3 is 35.4 Å². The van der Waals surface area contributed by atoms with Crippen LogP contribution in [0.25, 0.3) is 0 Å². The molecule has 2 aromatic carbocycles. The van der Waals surface area contributed by atoms with E-state index in [2.05, 4.69) is 30.7 Å². The van der Waals surface area contributed by atoms with E-state index in [4.69, 9.17) is 21.3 Å². The summed E-state index contributed by atoms with van der Waals surface area (Å²) in [5.41, 5.74) is 2.73. The Hall–Kier alpha value is -4.58. The third-order valence-electron chi connectivity index (χ3n) is 8.73. The summed E-state index contributed by atoms with van der Waals surface area (Å²) in [6.07, 6.45) is 2.97. The van der Waals surface area contributed by atoms with Gasteiger partial charge in [0.05, 0.1) is 19.0 Å². The summed E-state index contributed by atoms with van der Waals surface area (Å²) >= 11 is 6.67. The van der Waals surface area contributed by atoms with Crippen molar-refractivity contribution in [1.29, 1.82) is 0 Å². The Bertz CT molecular complexity index is 1550. The number of piperidine rings is 1. The quantitative estimate of drug-likeness (QED) is 0.280. The summed E-state index contributed by atoms with van der Waals surface area (Å²) in [5.74, 6) is 1.54. The van der Waals surface area contributed by atoms with Crippen molar-refractivity contribution in [3.8, 4) is 5.75 Å². The fourth-order valence-electron chi connectivity index (χ4n) is 6.30. The van der Waals surface area contributed by atoms with Crippen LogP contribution in [0.15, 0.2) is 54.7 Å². The molecule has 0 unspecified atom stereocenters. The van der Waals surface area contributed by atoms with E-state index in [1.54, 1.807) is 27.3 Å². The fraction of sp³-hybridized carbons (Fsp3) is 0.441. The minimum atomic E-state index is -0.0449. The summed E-state index contributed by atoms with van der Waals surface area (Å²) in [5, 5.41) is 9.41. The van der Waals surface area contributed by atoms with Crippen molar-refractivity contribution in [2.45, 2.75) is 32.7 Å². The minimum absolute atomic E-state index is 0.00146. The normalized spacial score (nSPS) is 18.0. The molecule has 1 aromatic heterocycles. The molecule has 2 atom stereocenters. The molecule has 3 amide bonds. The second kappa shape index (κ2) is 15.8. The lowest BCUT2D eigenvalue weighted by Crippen LogP contribution is -2.48. The Kier molecular flexibility index (Phi) is 11.4. The van der Waals surface area contributed by atoms with Gasteiger partial charge in [0.1, 0.15) is 10.8 Å². The van der Waals surface area contributed by atoms with Crippen molar-refractivity contribution >= 4 is 52.5 Å². The Balaban J connectivity index is 1.29. The average Bonchev–Trinajstić information content (AvgIpc) is 3.08. The van der Waals surface area contributed by atoms with Crippen LogP contribution < -0.4 is 30.5 Å². The van der Waals surface area contributed by atoms with Gasteiger partial charge >= 0.3 is 0 Å². The Labute approximate surface area is 280 Å². The maximum Gasteiger partial charge on any atom is 0.229 e. The summed E-state index contributed by atoms with van der Waals surface area (Å²) in [6.45, 7) is 6.04. The first-order valence-corrected chi connectivity index (χ1v) is 16.3. The van der Waals surface area contributed by atoms with Crippen LogP contribution in [0.3, 0.4) is 0 Å². The van der Waals surface area contributed by atoms with Gasteiger partial charge in [0.15, 0.2) is 5.82 Å². The first-order chi connectivity index (χ1) is 22.7. The highest BCUT2D eigenvalue weighted by Crippen LogP contribution is 2.35. The highest BCUT2D eigenvalue weighted by atomic mass is 35.5. The number of anilines is 4. The molecule has 3 heterocycles. The van der Waals surface area contributed by atoms with E-state index in [1.807, 2.05) is 53.4 Å². The third kappa shape index (κ3) is 9.03. The Morgan fingerprint density at radius 3 is 2.32 bits per heavy atom. The molecule has 0 bridgehead atoms. The van der Waals surface area contributed by atoms with Crippen LogP contribution in [-0.4, -0.2) is 86.0 Å². The van der Waals surface area contributed by atoms with Crippen LogP contribution in [-0.2, 0) is 20.9 Å². The molecule has 0 aliphatic carbocycles. The zero-order chi connectivity index (χ0) is 33.3. The van der Waals surface area contributed by atoms with Gasteiger partial charge in [0.25, 0.3) is 0 Å². The number of rotatable bonds is 11. The van der Waals surface area contributed by atoms with E-state index in [-0.39, 0.29) is 29.6 Å². The van der Waals surface area contributed by atoms with Gasteiger partial charge in [-0.2, -0.15) is 4.98 Å². The van der Waals surface area contributed by atoms with E-state index in [9.17, 15) is 14.4 Å². The number of benzene rings is 2. The molecule has 3 N–H and O–H groups in total. The molecule has 47 heavy (non-hydrogen) atoms. The van der Waals surface area contributed by atoms with Crippen LogP contribution >= 0.6 is 11.6 Å². The SMILES string of the molecule is CNC(=O)C[C@H]1C[C@@H](CC(=O)NCc2ccccc2)CN(c2nc(Nc3ccc(N4CCN(C(C)=O)CC4)cc3OC)ncc2Cl)C1. The molecule has 5 rings (SSSR count). The first-order valence-electron chi connectivity index (χ1n) is 16.0. The van der Waals surface area contributed by atoms with Gasteiger partial charge in [-0.3, -0.25) is 14.4 Å². The molecule has 2 aliphatic heterocycles. The summed E-state index contributed by atoms with van der Waals surface area (Å²) in [6, 6.07) is 15.7. The number of hydrogen-bond acceptors (Lipinski definition) is 9. The van der Waals surface area contributed by atoms with Gasteiger partial charge in [0, 0.05) is 84.4 Å². The molecule has 0 saturated carbocycles. The molecule has 250 valence electrons. The number of hydrogen-bond donors (Lipinski definition) is 3. The number of amides is 3. The number of aromatic nitrogens is 2. The van der Waals surface area contributed by atoms with Crippen LogP contribution in [0.1, 0.15) is 31.7 Å². The zero-order valence-electron chi connectivity index (χ0n) is 27.2. The van der Waals surface area contributed by atoms with Crippen molar-refractivity contribution in [3.05, 3.63) is 65.3 Å². The van der Waals surface area contributed by atoms with Crippen molar-refractivity contribution in [2.24, 2.45) is 11.8 Å². The maximum atomic E-state index is 13.0. The number of nitrogens with zero attached hydrogens (tertiary/aromatic N) is 5. The average molecular weight is 663 g/mol. The molecule has 12 nitrogen and oxygen atoms in total. The monoisotopic (exact) mass is 662 g/mol. The topological polar surface area (TPSA) is 132 Å². The number of halogens is 1. The highest BCUT2D eigenvalue weighted by Gasteiger charge is 2.32. The molecular formula is C34H43ClN8O4. The van der Waals surface area contributed by atoms with Gasteiger partial charge in [-0.15, -0.1) is 0 Å². The molecule has 2 aliphatic rings. The van der Waals surface area contributed by atoms with Crippen LogP contribution in [0.2, 0.25) is 5.02 Å². The summed E-state index contributed by atoms with van der Waals surface area (Å²) < 4.78 is 5.72. The maximum absolute atomic E-state index is 13.0. The Morgan fingerprint density at radius 2 is 1.66 bits per heavy atom. The van der Waals surface area contributed by atoms with Crippen molar-refractivity contribution in [1.82, 2.24) is 25.5 Å². The van der Waals surface area contributed by atoms with E-state index in [1.165, 1.54) is 0 Å². The molecule has 0 spiro atoms. The van der Waals surface area contributed by atoms with Gasteiger partial charge in [-0.25, -0.2) is 4.98 Å². The van der Waals surface area contributed by atoms with Crippen molar-refractivity contribution < 1.29 is 19.1 Å². The predicted molar refractivity (Wildman–Crippen MR) is 183 cm³/mol. The van der Waals surface area contributed by atoms with E-state index in [0.29, 0.717) is 73.8 Å². The second-order valence-corrected chi connectivity index (χ2v) is 12.5. The Morgan fingerprint density at radius 1 is 0.957 bits per heavy atom. The zero-order valence-corrected chi connectivity index (χ0v) is 27.9. The number of piperazine rings is 1. The molecule has 3 aromatic rings. The molecule has 2 fully saturated rings. The fourth-order valence-corrected chi connectivity index (χ4v) is 6.51. The lowest BCUT2D eigenvalue weighted by molar-refractivity contribution is -0.129. The molecule has 13 heteroatoms. The summed E-state index contributed by atoms with van der Waals surface area (Å²) in [7, 11) is 3.24. The van der Waals surface area contributed by atoms with Crippen LogP contribution in [0, 0.1) is 11.8 Å². The lowest BCUT2D eigenvalue weighted by Gasteiger charge is -2.38. The standard InChI is InChI=1S/C34H43ClN8O4/c1-23(44)41-11-13-42(14-12-41)27-9-10-29(30(18-27)47-3)39-34-38-20-28(35)33(40-34)43-21-25(16-31(45)36-2)15-26(22-43)17-32(46)37-19-24-7-5-4-6-8-24/h4-10,18,20,25-26H,11-17,19,21-22H2,1-3H3,(H,36,45)(H,37,46)(H,38,39,40)/t25-,26+/m1/s1. The van der Waals surface area contributed by atoms with Crippen LogP contribution in [0.4, 0.5) is 23.1 Å². The van der Waals surface area contributed by atoms with E-state index in [0.717, 1.165) is 30.8 Å². The summed E-state index contributed by atoms with van der Waals surface area (Å²) in [4.78, 5) is 52.4. The van der Waals surface area contributed by atoms with E-state index < -0.39 is 0 Å². The largest absolute Gasteiger partial charge is 0.494 e. The van der Waals surface area contributed by atoms with Gasteiger partial charge in [-0.05, 0) is 36.0 Å². The number of nitrogens with one attached hydrogen (secondary N) is 3. The second-order valence-electron chi connectivity index (χ2n) is 12.1. The van der Waals surface area contributed by atoms with Gasteiger partial charge in [-0.1, -0.05) is 41.9 Å². The molecule has 0 radical (unpaired) electrons. The number of carbonyl (C=O) groups excluding carboxylic acids is 3. The molecular weight excluding hydrogens is 620 g/mol. The highest BCUT2D eigenvalue weighted by molar-refractivity contribution is 6.32. The van der Waals surface area contributed by atoms with Gasteiger partial charge in [0.2, 0.25) is 23.7 Å². The van der Waals surface area contributed by atoms with Crippen molar-refractivity contribution in [3.63, 3.8) is 0 Å². The first kappa shape index (κ1) is 33.8.